The number of para-hydroxylation sites is 1. The number of ether oxygens (including phenoxy) is 2. The van der Waals surface area contributed by atoms with Gasteiger partial charge in [-0.3, -0.25) is 9.89 Å². The predicted octanol–water partition coefficient (Wildman–Crippen LogP) is 4.18. The second-order valence-electron chi connectivity index (χ2n) is 8.04. The summed E-state index contributed by atoms with van der Waals surface area (Å²) in [7, 11) is 1.80. The molecule has 0 aliphatic carbocycles. The predicted molar refractivity (Wildman–Crippen MR) is 142 cm³/mol. The normalized spacial score (nSPS) is 19.2. The Morgan fingerprint density at radius 3 is 2.16 bits per heavy atom. The van der Waals surface area contributed by atoms with E-state index in [1.54, 1.807) is 7.05 Å². The van der Waals surface area contributed by atoms with Gasteiger partial charge in [-0.05, 0) is 38.0 Å². The molecule has 0 spiro atoms. The summed E-state index contributed by atoms with van der Waals surface area (Å²) in [6.45, 7) is 11.2. The van der Waals surface area contributed by atoms with E-state index in [0.717, 1.165) is 43.5 Å². The Kier molecular flexibility index (Phi) is 11.3. The molecule has 1 saturated heterocycles. The van der Waals surface area contributed by atoms with Crippen molar-refractivity contribution in [1.82, 2.24) is 15.5 Å². The van der Waals surface area contributed by atoms with Crippen molar-refractivity contribution >= 4 is 29.9 Å². The zero-order chi connectivity index (χ0) is 22.1. The monoisotopic (exact) mass is 552 g/mol. The number of hydrogen-bond acceptors (Lipinski definition) is 4. The Labute approximate surface area is 209 Å². The van der Waals surface area contributed by atoms with Crippen molar-refractivity contribution in [2.75, 3.05) is 26.7 Å². The summed E-state index contributed by atoms with van der Waals surface area (Å²) in [4.78, 5) is 6.87. The molecule has 32 heavy (non-hydrogen) atoms. The third kappa shape index (κ3) is 7.94. The van der Waals surface area contributed by atoms with Crippen LogP contribution in [-0.2, 0) is 24.4 Å². The van der Waals surface area contributed by atoms with Gasteiger partial charge < -0.3 is 20.1 Å². The smallest absolute Gasteiger partial charge is 0.191 e. The Morgan fingerprint density at radius 2 is 1.53 bits per heavy atom. The summed E-state index contributed by atoms with van der Waals surface area (Å²) in [5.41, 5.74) is 3.74. The number of nitrogens with zero attached hydrogens (tertiary/aromatic N) is 2. The molecule has 1 aliphatic rings. The van der Waals surface area contributed by atoms with Crippen molar-refractivity contribution in [1.29, 1.82) is 0 Å². The average molecular weight is 553 g/mol. The highest BCUT2D eigenvalue weighted by atomic mass is 127. The van der Waals surface area contributed by atoms with E-state index in [0.29, 0.717) is 13.2 Å². The van der Waals surface area contributed by atoms with E-state index in [2.05, 4.69) is 64.7 Å². The zero-order valence-corrected chi connectivity index (χ0v) is 22.0. The lowest BCUT2D eigenvalue weighted by atomic mass is 10.1. The third-order valence-electron chi connectivity index (χ3n) is 5.40. The van der Waals surface area contributed by atoms with E-state index in [4.69, 9.17) is 9.47 Å². The fraction of sp³-hybridized carbons (Fsp3) is 0.480. The number of rotatable bonds is 8. The van der Waals surface area contributed by atoms with Gasteiger partial charge in [-0.25, -0.2) is 0 Å². The van der Waals surface area contributed by atoms with Crippen LogP contribution in [0, 0.1) is 0 Å². The Balaban J connectivity index is 0.00000363. The molecule has 7 heteroatoms. The number of nitrogens with one attached hydrogen (secondary N) is 2. The molecule has 0 amide bonds. The Bertz CT molecular complexity index is 851. The van der Waals surface area contributed by atoms with Crippen LogP contribution in [0.1, 0.15) is 37.5 Å². The second-order valence-corrected chi connectivity index (χ2v) is 8.04. The molecule has 2 atom stereocenters. The minimum absolute atomic E-state index is 0. The van der Waals surface area contributed by atoms with Crippen LogP contribution >= 0.6 is 24.0 Å². The van der Waals surface area contributed by atoms with Gasteiger partial charge in [0.25, 0.3) is 0 Å². The molecule has 1 heterocycles. The van der Waals surface area contributed by atoms with E-state index < -0.39 is 0 Å². The van der Waals surface area contributed by atoms with Crippen molar-refractivity contribution in [3.05, 3.63) is 65.2 Å². The van der Waals surface area contributed by atoms with Crippen LogP contribution in [0.3, 0.4) is 0 Å². The molecule has 0 radical (unpaired) electrons. The fourth-order valence-electron chi connectivity index (χ4n) is 4.06. The lowest BCUT2D eigenvalue weighted by Gasteiger charge is -2.35. The van der Waals surface area contributed by atoms with Gasteiger partial charge in [0, 0.05) is 45.3 Å². The number of morpholine rings is 1. The van der Waals surface area contributed by atoms with Crippen molar-refractivity contribution < 1.29 is 9.47 Å². The number of guanidine groups is 1. The zero-order valence-electron chi connectivity index (χ0n) is 19.6. The van der Waals surface area contributed by atoms with E-state index in [1.807, 2.05) is 25.1 Å². The van der Waals surface area contributed by atoms with E-state index in [1.165, 1.54) is 11.1 Å². The number of aliphatic imine (C=N–C) groups is 1. The topological polar surface area (TPSA) is 58.1 Å². The first kappa shape index (κ1) is 26.4. The first-order valence-electron chi connectivity index (χ1n) is 11.2. The number of benzene rings is 2. The molecule has 1 fully saturated rings. The van der Waals surface area contributed by atoms with Gasteiger partial charge in [-0.1, -0.05) is 42.5 Å². The Hall–Kier alpha value is -1.84. The van der Waals surface area contributed by atoms with Crippen LogP contribution in [0.4, 0.5) is 0 Å². The van der Waals surface area contributed by atoms with Gasteiger partial charge in [-0.2, -0.15) is 0 Å². The highest BCUT2D eigenvalue weighted by Gasteiger charge is 2.22. The second kappa shape index (κ2) is 13.6. The summed E-state index contributed by atoms with van der Waals surface area (Å²) >= 11 is 0. The van der Waals surface area contributed by atoms with Crippen molar-refractivity contribution in [3.8, 4) is 5.75 Å². The summed E-state index contributed by atoms with van der Waals surface area (Å²) in [5.74, 6) is 1.68. The van der Waals surface area contributed by atoms with Gasteiger partial charge in [-0.15, -0.1) is 24.0 Å². The molecule has 2 aromatic rings. The van der Waals surface area contributed by atoms with Crippen molar-refractivity contribution in [2.24, 2.45) is 4.99 Å². The summed E-state index contributed by atoms with van der Waals surface area (Å²) < 4.78 is 11.6. The first-order valence-corrected chi connectivity index (χ1v) is 11.2. The number of hydrogen-bond donors (Lipinski definition) is 2. The molecule has 6 nitrogen and oxygen atoms in total. The highest BCUT2D eigenvalue weighted by molar-refractivity contribution is 14.0. The first-order chi connectivity index (χ1) is 15.1. The lowest BCUT2D eigenvalue weighted by molar-refractivity contribution is -0.0705. The maximum Gasteiger partial charge on any atom is 0.191 e. The summed E-state index contributed by atoms with van der Waals surface area (Å²) in [6, 6.07) is 16.7. The summed E-state index contributed by atoms with van der Waals surface area (Å²) in [5, 5.41) is 6.86. The van der Waals surface area contributed by atoms with E-state index >= 15 is 0 Å². The fourth-order valence-corrected chi connectivity index (χ4v) is 4.06. The van der Waals surface area contributed by atoms with Crippen LogP contribution in [0.15, 0.2) is 53.5 Å². The average Bonchev–Trinajstić information content (AvgIpc) is 2.75. The molecule has 3 rings (SSSR count). The van der Waals surface area contributed by atoms with E-state index in [9.17, 15) is 0 Å². The molecule has 2 unspecified atom stereocenters. The molecule has 176 valence electrons. The van der Waals surface area contributed by atoms with Gasteiger partial charge in [0.2, 0.25) is 0 Å². The van der Waals surface area contributed by atoms with Crippen LogP contribution in [-0.4, -0.2) is 49.8 Å². The minimum Gasteiger partial charge on any atom is -0.494 e. The molecule has 0 saturated carbocycles. The largest absolute Gasteiger partial charge is 0.494 e. The SMILES string of the molecule is CCOc1ccccc1CNC(=NC)NCc1ccccc1CN1CC(C)OC(C)C1.I. The maximum atomic E-state index is 5.88. The van der Waals surface area contributed by atoms with Gasteiger partial charge in [0.15, 0.2) is 5.96 Å². The minimum atomic E-state index is 0. The van der Waals surface area contributed by atoms with Crippen molar-refractivity contribution in [3.63, 3.8) is 0 Å². The molecule has 0 bridgehead atoms. The summed E-state index contributed by atoms with van der Waals surface area (Å²) in [6.07, 6.45) is 0.549. The van der Waals surface area contributed by atoms with Crippen LogP contribution in [0.5, 0.6) is 5.75 Å². The van der Waals surface area contributed by atoms with Gasteiger partial charge in [0.1, 0.15) is 5.75 Å². The molecular formula is C25H37IN4O2. The third-order valence-corrected chi connectivity index (χ3v) is 5.40. The molecular weight excluding hydrogens is 515 g/mol. The lowest BCUT2D eigenvalue weighted by Crippen LogP contribution is -2.45. The van der Waals surface area contributed by atoms with Crippen LogP contribution in [0.2, 0.25) is 0 Å². The van der Waals surface area contributed by atoms with Crippen LogP contribution in [0.25, 0.3) is 0 Å². The van der Waals surface area contributed by atoms with Crippen LogP contribution < -0.4 is 15.4 Å². The molecule has 0 aromatic heterocycles. The number of halogens is 1. The van der Waals surface area contributed by atoms with E-state index in [-0.39, 0.29) is 36.2 Å². The molecule has 2 aromatic carbocycles. The molecule has 2 N–H and O–H groups in total. The van der Waals surface area contributed by atoms with Crippen molar-refractivity contribution in [2.45, 2.75) is 52.6 Å². The Morgan fingerprint density at radius 1 is 0.969 bits per heavy atom. The quantitative estimate of drug-likeness (QED) is 0.293. The highest BCUT2D eigenvalue weighted by Crippen LogP contribution is 2.18. The standard InChI is InChI=1S/C25H36N4O2.HI/c1-5-30-24-13-9-8-11-22(24)15-28-25(26-4)27-14-21-10-6-7-12-23(21)18-29-16-19(2)31-20(3)17-29;/h6-13,19-20H,5,14-18H2,1-4H3,(H2,26,27,28);1H. The van der Waals surface area contributed by atoms with Gasteiger partial charge in [0.05, 0.1) is 18.8 Å². The van der Waals surface area contributed by atoms with Gasteiger partial charge >= 0.3 is 0 Å². The maximum absolute atomic E-state index is 5.88. The molecule has 1 aliphatic heterocycles.